The summed E-state index contributed by atoms with van der Waals surface area (Å²) in [6.45, 7) is 4.31. The van der Waals surface area contributed by atoms with Crippen molar-refractivity contribution in [3.05, 3.63) is 60.5 Å². The van der Waals surface area contributed by atoms with Crippen LogP contribution in [0, 0.1) is 0 Å². The van der Waals surface area contributed by atoms with Crippen LogP contribution >= 0.6 is 0 Å². The third-order valence-corrected chi connectivity index (χ3v) is 4.60. The molecule has 0 N–H and O–H groups in total. The first-order valence-electron chi connectivity index (χ1n) is 8.80. The molecule has 0 unspecified atom stereocenters. The molecule has 6 heteroatoms. The molecule has 6 nitrogen and oxygen atoms in total. The second kappa shape index (κ2) is 7.58. The van der Waals surface area contributed by atoms with E-state index in [0.717, 1.165) is 32.0 Å². The molecule has 2 aliphatic heterocycles. The zero-order chi connectivity index (χ0) is 17.8. The van der Waals surface area contributed by atoms with Crippen LogP contribution in [0.1, 0.15) is 10.4 Å². The van der Waals surface area contributed by atoms with Crippen molar-refractivity contribution in [2.75, 3.05) is 44.2 Å². The first kappa shape index (κ1) is 16.6. The van der Waals surface area contributed by atoms with Crippen molar-refractivity contribution < 1.29 is 14.3 Å². The lowest BCUT2D eigenvalue weighted by molar-refractivity contribution is 0.0926. The zero-order valence-corrected chi connectivity index (χ0v) is 14.5. The molecule has 0 aliphatic carbocycles. The molecule has 2 aromatic rings. The van der Waals surface area contributed by atoms with Crippen LogP contribution in [-0.2, 0) is 0 Å². The summed E-state index contributed by atoms with van der Waals surface area (Å²) in [5, 5.41) is 0. The molecule has 0 spiro atoms. The predicted molar refractivity (Wildman–Crippen MR) is 98.9 cm³/mol. The summed E-state index contributed by atoms with van der Waals surface area (Å²) in [5.41, 5.74) is 0.648. The fraction of sp³-hybridized carbons (Fsp3) is 0.300. The fourth-order valence-electron chi connectivity index (χ4n) is 3.16. The number of carbonyl (C=O) groups excluding carboxylic acids is 1. The van der Waals surface area contributed by atoms with Gasteiger partial charge in [0.05, 0.1) is 12.8 Å². The van der Waals surface area contributed by atoms with E-state index < -0.39 is 0 Å². The minimum atomic E-state index is 0.0934. The van der Waals surface area contributed by atoms with Crippen LogP contribution < -0.4 is 14.4 Å². The second-order valence-electron chi connectivity index (χ2n) is 6.34. The van der Waals surface area contributed by atoms with Gasteiger partial charge in [0, 0.05) is 37.9 Å². The highest BCUT2D eigenvalue weighted by molar-refractivity contribution is 5.98. The Morgan fingerprint density at radius 2 is 1.96 bits per heavy atom. The summed E-state index contributed by atoms with van der Waals surface area (Å²) in [5.74, 6) is 2.34. The van der Waals surface area contributed by atoms with E-state index in [1.54, 1.807) is 30.5 Å². The normalized spacial score (nSPS) is 17.0. The van der Waals surface area contributed by atoms with Gasteiger partial charge >= 0.3 is 0 Å². The maximum atomic E-state index is 12.7. The second-order valence-corrected chi connectivity index (χ2v) is 6.34. The Balaban J connectivity index is 1.36. The molecule has 2 aliphatic rings. The number of rotatable bonds is 4. The summed E-state index contributed by atoms with van der Waals surface area (Å²) in [6, 6.07) is 11.3. The Morgan fingerprint density at radius 3 is 2.77 bits per heavy atom. The SMILES string of the molecule is O=C(CN1CCN(c2ccccn2)CC1)c1ccc2c(c1)OC=CCO2. The average Bonchev–Trinajstić information content (AvgIpc) is 2.94. The van der Waals surface area contributed by atoms with Gasteiger partial charge in [0.2, 0.25) is 0 Å². The lowest BCUT2D eigenvalue weighted by Crippen LogP contribution is -2.48. The number of Topliss-reactive ketones (excluding diaryl/α,β-unsaturated/α-hetero) is 1. The minimum Gasteiger partial charge on any atom is -0.485 e. The molecule has 26 heavy (non-hydrogen) atoms. The van der Waals surface area contributed by atoms with Crippen LogP contribution in [0.25, 0.3) is 0 Å². The zero-order valence-electron chi connectivity index (χ0n) is 14.5. The molecule has 0 amide bonds. The number of anilines is 1. The van der Waals surface area contributed by atoms with Crippen LogP contribution in [0.4, 0.5) is 5.82 Å². The van der Waals surface area contributed by atoms with Crippen LogP contribution in [0.5, 0.6) is 11.5 Å². The van der Waals surface area contributed by atoms with E-state index in [2.05, 4.69) is 14.8 Å². The van der Waals surface area contributed by atoms with Crippen molar-refractivity contribution in [3.63, 3.8) is 0 Å². The van der Waals surface area contributed by atoms with Crippen molar-refractivity contribution in [2.45, 2.75) is 0 Å². The van der Waals surface area contributed by atoms with Gasteiger partial charge in [-0.3, -0.25) is 9.69 Å². The number of carbonyl (C=O) groups is 1. The molecule has 1 saturated heterocycles. The number of nitrogens with zero attached hydrogens (tertiary/aromatic N) is 3. The third-order valence-electron chi connectivity index (χ3n) is 4.60. The van der Waals surface area contributed by atoms with Gasteiger partial charge in [0.1, 0.15) is 12.4 Å². The smallest absolute Gasteiger partial charge is 0.176 e. The highest BCUT2D eigenvalue weighted by Gasteiger charge is 2.21. The Morgan fingerprint density at radius 1 is 1.08 bits per heavy atom. The number of benzene rings is 1. The average molecular weight is 351 g/mol. The number of hydrogen-bond acceptors (Lipinski definition) is 6. The van der Waals surface area contributed by atoms with Gasteiger partial charge in [0.25, 0.3) is 0 Å². The molecule has 1 aromatic carbocycles. The van der Waals surface area contributed by atoms with Crippen molar-refractivity contribution >= 4 is 11.6 Å². The topological polar surface area (TPSA) is 54.9 Å². The van der Waals surface area contributed by atoms with Crippen molar-refractivity contribution in [3.8, 4) is 11.5 Å². The molecule has 0 atom stereocenters. The molecule has 0 bridgehead atoms. The Bertz CT molecular complexity index is 799. The number of pyridine rings is 1. The molecular formula is C20H21N3O3. The maximum Gasteiger partial charge on any atom is 0.176 e. The fourth-order valence-corrected chi connectivity index (χ4v) is 3.16. The Hall–Kier alpha value is -2.86. The van der Waals surface area contributed by atoms with Gasteiger partial charge in [-0.2, -0.15) is 0 Å². The summed E-state index contributed by atoms with van der Waals surface area (Å²) in [6.07, 6.45) is 5.20. The molecular weight excluding hydrogens is 330 g/mol. The predicted octanol–water partition coefficient (Wildman–Crippen LogP) is 2.37. The summed E-state index contributed by atoms with van der Waals surface area (Å²) in [7, 11) is 0. The van der Waals surface area contributed by atoms with E-state index in [0.29, 0.717) is 30.2 Å². The van der Waals surface area contributed by atoms with E-state index in [9.17, 15) is 4.79 Å². The Kier molecular flexibility index (Phi) is 4.84. The van der Waals surface area contributed by atoms with Crippen LogP contribution in [0.15, 0.2) is 54.9 Å². The number of fused-ring (bicyclic) bond motifs is 1. The van der Waals surface area contributed by atoms with E-state index >= 15 is 0 Å². The van der Waals surface area contributed by atoms with E-state index in [4.69, 9.17) is 9.47 Å². The molecule has 4 rings (SSSR count). The number of ketones is 1. The molecule has 1 fully saturated rings. The van der Waals surface area contributed by atoms with Crippen molar-refractivity contribution in [1.82, 2.24) is 9.88 Å². The highest BCUT2D eigenvalue weighted by atomic mass is 16.5. The van der Waals surface area contributed by atoms with Crippen LogP contribution in [0.3, 0.4) is 0 Å². The molecule has 0 radical (unpaired) electrons. The summed E-state index contributed by atoms with van der Waals surface area (Å²) < 4.78 is 11.0. The van der Waals surface area contributed by atoms with Crippen LogP contribution in [-0.4, -0.2) is 55.0 Å². The van der Waals surface area contributed by atoms with Crippen LogP contribution in [0.2, 0.25) is 0 Å². The number of piperazine rings is 1. The van der Waals surface area contributed by atoms with Gasteiger partial charge in [-0.1, -0.05) is 6.07 Å². The molecule has 3 heterocycles. The number of aromatic nitrogens is 1. The van der Waals surface area contributed by atoms with Gasteiger partial charge in [-0.25, -0.2) is 4.98 Å². The molecule has 1 aromatic heterocycles. The Labute approximate surface area is 152 Å². The van der Waals surface area contributed by atoms with Gasteiger partial charge in [-0.05, 0) is 36.4 Å². The monoisotopic (exact) mass is 351 g/mol. The largest absolute Gasteiger partial charge is 0.485 e. The number of ether oxygens (including phenoxy) is 2. The third kappa shape index (κ3) is 3.70. The van der Waals surface area contributed by atoms with Crippen molar-refractivity contribution in [2.24, 2.45) is 0 Å². The standard InChI is InChI=1S/C20H21N3O3/c24-17(16-5-6-18-19(14-16)26-13-3-12-25-18)15-22-8-10-23(11-9-22)20-4-1-2-7-21-20/h1-7,13-14H,8-12,15H2. The minimum absolute atomic E-state index is 0.0934. The molecule has 134 valence electrons. The lowest BCUT2D eigenvalue weighted by atomic mass is 10.1. The summed E-state index contributed by atoms with van der Waals surface area (Å²) >= 11 is 0. The van der Waals surface area contributed by atoms with Crippen molar-refractivity contribution in [1.29, 1.82) is 0 Å². The summed E-state index contributed by atoms with van der Waals surface area (Å²) in [4.78, 5) is 21.5. The lowest BCUT2D eigenvalue weighted by Gasteiger charge is -2.35. The number of hydrogen-bond donors (Lipinski definition) is 0. The van der Waals surface area contributed by atoms with E-state index in [1.807, 2.05) is 24.4 Å². The van der Waals surface area contributed by atoms with Gasteiger partial charge < -0.3 is 14.4 Å². The quantitative estimate of drug-likeness (QED) is 0.789. The first-order chi connectivity index (χ1) is 12.8. The van der Waals surface area contributed by atoms with E-state index in [-0.39, 0.29) is 5.78 Å². The van der Waals surface area contributed by atoms with E-state index in [1.165, 1.54) is 0 Å². The first-order valence-corrected chi connectivity index (χ1v) is 8.80. The van der Waals surface area contributed by atoms with Gasteiger partial charge in [-0.15, -0.1) is 0 Å². The molecule has 0 saturated carbocycles. The highest BCUT2D eigenvalue weighted by Crippen LogP contribution is 2.30. The maximum absolute atomic E-state index is 12.7. The van der Waals surface area contributed by atoms with Gasteiger partial charge in [0.15, 0.2) is 17.3 Å².